The van der Waals surface area contributed by atoms with E-state index in [1.807, 2.05) is 30.3 Å². The number of amides is 2. The number of ether oxygens (including phenoxy) is 1. The summed E-state index contributed by atoms with van der Waals surface area (Å²) < 4.78 is 5.01. The minimum Gasteiger partial charge on any atom is -0.450 e. The van der Waals surface area contributed by atoms with Gasteiger partial charge >= 0.3 is 6.09 Å². The minimum absolute atomic E-state index is 0.0466. The van der Waals surface area contributed by atoms with Crippen LogP contribution in [0.3, 0.4) is 0 Å². The number of rotatable bonds is 5. The molecular formula is C20H24N4O3. The first-order chi connectivity index (χ1) is 13.2. The smallest absolute Gasteiger partial charge is 0.409 e. The second-order valence-electron chi connectivity index (χ2n) is 6.36. The number of carbonyl (C=O) groups is 2. The second kappa shape index (κ2) is 9.02. The summed E-state index contributed by atoms with van der Waals surface area (Å²) in [5.74, 6) is 0.531. The zero-order valence-electron chi connectivity index (χ0n) is 15.4. The van der Waals surface area contributed by atoms with Crippen LogP contribution in [0, 0.1) is 0 Å². The van der Waals surface area contributed by atoms with Crippen LogP contribution in [-0.2, 0) is 4.74 Å². The number of anilines is 2. The van der Waals surface area contributed by atoms with E-state index in [-0.39, 0.29) is 18.0 Å². The molecule has 142 valence electrons. The van der Waals surface area contributed by atoms with Gasteiger partial charge in [-0.3, -0.25) is 4.79 Å². The molecule has 3 rings (SSSR count). The Kier molecular flexibility index (Phi) is 6.25. The molecular weight excluding hydrogens is 344 g/mol. The van der Waals surface area contributed by atoms with Crippen molar-refractivity contribution in [3.05, 3.63) is 54.2 Å². The van der Waals surface area contributed by atoms with E-state index in [1.54, 1.807) is 30.2 Å². The first kappa shape index (κ1) is 18.7. The van der Waals surface area contributed by atoms with Crippen LogP contribution in [0.25, 0.3) is 0 Å². The number of nitrogens with one attached hydrogen (secondary N) is 2. The maximum Gasteiger partial charge on any atom is 0.409 e. The third-order valence-electron chi connectivity index (χ3n) is 4.43. The van der Waals surface area contributed by atoms with Crippen LogP contribution in [0.4, 0.5) is 16.3 Å². The summed E-state index contributed by atoms with van der Waals surface area (Å²) in [5.41, 5.74) is 1.46. The topological polar surface area (TPSA) is 83.6 Å². The monoisotopic (exact) mass is 368 g/mol. The number of nitrogens with zero attached hydrogens (tertiary/aromatic N) is 2. The maximum atomic E-state index is 12.4. The van der Waals surface area contributed by atoms with Crippen LogP contribution in [0.1, 0.15) is 30.1 Å². The molecule has 2 N–H and O–H groups in total. The van der Waals surface area contributed by atoms with E-state index in [9.17, 15) is 9.59 Å². The molecule has 0 unspecified atom stereocenters. The van der Waals surface area contributed by atoms with Crippen molar-refractivity contribution in [3.63, 3.8) is 0 Å². The number of para-hydroxylation sites is 1. The van der Waals surface area contributed by atoms with Crippen LogP contribution in [0.2, 0.25) is 0 Å². The lowest BCUT2D eigenvalue weighted by Crippen LogP contribution is -2.46. The van der Waals surface area contributed by atoms with Crippen molar-refractivity contribution in [1.82, 2.24) is 15.2 Å². The molecule has 1 saturated heterocycles. The molecule has 1 fully saturated rings. The summed E-state index contributed by atoms with van der Waals surface area (Å²) >= 11 is 0. The van der Waals surface area contributed by atoms with E-state index in [0.717, 1.165) is 5.69 Å². The Morgan fingerprint density at radius 3 is 2.52 bits per heavy atom. The standard InChI is InChI=1S/C20H24N4O3/c1-2-27-20(26)24-12-10-17(11-13-24)23-19(25)15-8-9-18(21-14-15)22-16-6-4-3-5-7-16/h3-9,14,17H,2,10-13H2,1H3,(H,21,22)(H,23,25). The average Bonchev–Trinajstić information content (AvgIpc) is 2.70. The lowest BCUT2D eigenvalue weighted by Gasteiger charge is -2.31. The Balaban J connectivity index is 1.49. The van der Waals surface area contributed by atoms with Gasteiger partial charge in [-0.05, 0) is 44.0 Å². The quantitative estimate of drug-likeness (QED) is 0.847. The third kappa shape index (κ3) is 5.20. The van der Waals surface area contributed by atoms with Crippen molar-refractivity contribution >= 4 is 23.5 Å². The van der Waals surface area contributed by atoms with E-state index >= 15 is 0 Å². The van der Waals surface area contributed by atoms with E-state index in [1.165, 1.54) is 0 Å². The van der Waals surface area contributed by atoms with Crippen LogP contribution in [0.15, 0.2) is 48.7 Å². The fourth-order valence-corrected chi connectivity index (χ4v) is 2.96. The summed E-state index contributed by atoms with van der Waals surface area (Å²) in [6.07, 6.45) is 2.71. The predicted octanol–water partition coefficient (Wildman–Crippen LogP) is 3.18. The Hall–Kier alpha value is -3.09. The zero-order valence-corrected chi connectivity index (χ0v) is 15.4. The summed E-state index contributed by atoms with van der Waals surface area (Å²) in [4.78, 5) is 30.1. The van der Waals surface area contributed by atoms with Crippen molar-refractivity contribution < 1.29 is 14.3 Å². The molecule has 2 amide bonds. The van der Waals surface area contributed by atoms with Gasteiger partial charge in [-0.2, -0.15) is 0 Å². The van der Waals surface area contributed by atoms with Crippen LogP contribution in [0.5, 0.6) is 0 Å². The normalized spacial score (nSPS) is 14.5. The first-order valence-corrected chi connectivity index (χ1v) is 9.16. The second-order valence-corrected chi connectivity index (χ2v) is 6.36. The van der Waals surface area contributed by atoms with Crippen LogP contribution < -0.4 is 10.6 Å². The summed E-state index contributed by atoms with van der Waals surface area (Å²) in [6, 6.07) is 13.3. The Labute approximate surface area is 158 Å². The molecule has 2 heterocycles. The molecule has 0 bridgehead atoms. The highest BCUT2D eigenvalue weighted by Crippen LogP contribution is 2.15. The lowest BCUT2D eigenvalue weighted by molar-refractivity contribution is 0.0860. The number of likely N-dealkylation sites (tertiary alicyclic amines) is 1. The molecule has 7 nitrogen and oxygen atoms in total. The molecule has 7 heteroatoms. The molecule has 1 aliphatic rings. The van der Waals surface area contributed by atoms with E-state index in [2.05, 4.69) is 15.6 Å². The molecule has 1 aromatic heterocycles. The lowest BCUT2D eigenvalue weighted by atomic mass is 10.0. The van der Waals surface area contributed by atoms with Gasteiger partial charge in [0.15, 0.2) is 0 Å². The van der Waals surface area contributed by atoms with E-state index < -0.39 is 0 Å². The highest BCUT2D eigenvalue weighted by molar-refractivity contribution is 5.94. The number of hydrogen-bond acceptors (Lipinski definition) is 5. The zero-order chi connectivity index (χ0) is 19.1. The van der Waals surface area contributed by atoms with E-state index in [0.29, 0.717) is 43.9 Å². The molecule has 27 heavy (non-hydrogen) atoms. The maximum absolute atomic E-state index is 12.4. The van der Waals surface area contributed by atoms with Crippen LogP contribution in [-0.4, -0.2) is 47.6 Å². The number of piperidine rings is 1. The molecule has 0 saturated carbocycles. The SMILES string of the molecule is CCOC(=O)N1CCC(NC(=O)c2ccc(Nc3ccccc3)nc2)CC1. The highest BCUT2D eigenvalue weighted by atomic mass is 16.6. The van der Waals surface area contributed by atoms with Crippen molar-refractivity contribution in [3.8, 4) is 0 Å². The van der Waals surface area contributed by atoms with Gasteiger partial charge in [-0.15, -0.1) is 0 Å². The Morgan fingerprint density at radius 2 is 1.89 bits per heavy atom. The third-order valence-corrected chi connectivity index (χ3v) is 4.43. The van der Waals surface area contributed by atoms with Gasteiger partial charge < -0.3 is 20.3 Å². The average molecular weight is 368 g/mol. The van der Waals surface area contributed by atoms with Gasteiger partial charge in [0.2, 0.25) is 0 Å². The predicted molar refractivity (Wildman–Crippen MR) is 103 cm³/mol. The van der Waals surface area contributed by atoms with Gasteiger partial charge in [0.25, 0.3) is 5.91 Å². The fourth-order valence-electron chi connectivity index (χ4n) is 2.96. The Bertz CT molecular complexity index is 757. The summed E-state index contributed by atoms with van der Waals surface area (Å²) in [6.45, 7) is 3.33. The first-order valence-electron chi connectivity index (χ1n) is 9.16. The molecule has 0 radical (unpaired) electrons. The minimum atomic E-state index is -0.284. The fraction of sp³-hybridized carbons (Fsp3) is 0.350. The number of hydrogen-bond donors (Lipinski definition) is 2. The molecule has 1 aromatic carbocycles. The van der Waals surface area contributed by atoms with Gasteiger partial charge in [0.1, 0.15) is 5.82 Å². The van der Waals surface area contributed by atoms with Gasteiger partial charge in [-0.25, -0.2) is 9.78 Å². The number of benzene rings is 1. The summed E-state index contributed by atoms with van der Waals surface area (Å²) in [7, 11) is 0. The number of pyridine rings is 1. The molecule has 2 aromatic rings. The van der Waals surface area contributed by atoms with Crippen molar-refractivity contribution in [1.29, 1.82) is 0 Å². The van der Waals surface area contributed by atoms with E-state index in [4.69, 9.17) is 4.74 Å². The molecule has 0 spiro atoms. The molecule has 0 aliphatic carbocycles. The van der Waals surface area contributed by atoms with Gasteiger partial charge in [-0.1, -0.05) is 18.2 Å². The highest BCUT2D eigenvalue weighted by Gasteiger charge is 2.24. The molecule has 0 atom stereocenters. The Morgan fingerprint density at radius 1 is 1.15 bits per heavy atom. The largest absolute Gasteiger partial charge is 0.450 e. The van der Waals surface area contributed by atoms with Crippen molar-refractivity contribution in [2.75, 3.05) is 25.0 Å². The van der Waals surface area contributed by atoms with Gasteiger partial charge in [0, 0.05) is 31.0 Å². The van der Waals surface area contributed by atoms with Crippen molar-refractivity contribution in [2.24, 2.45) is 0 Å². The molecule has 1 aliphatic heterocycles. The van der Waals surface area contributed by atoms with Crippen LogP contribution >= 0.6 is 0 Å². The van der Waals surface area contributed by atoms with Gasteiger partial charge in [0.05, 0.1) is 12.2 Å². The number of carbonyl (C=O) groups excluding carboxylic acids is 2. The summed E-state index contributed by atoms with van der Waals surface area (Å²) in [5, 5.41) is 6.20. The van der Waals surface area contributed by atoms with Crippen molar-refractivity contribution in [2.45, 2.75) is 25.8 Å². The number of aromatic nitrogens is 1.